The van der Waals surface area contributed by atoms with Crippen molar-refractivity contribution in [2.45, 2.75) is 37.4 Å². The number of thioether (sulfide) groups is 1. The fraction of sp³-hybridized carbons (Fsp3) is 0.278. The number of hydrogen-bond acceptors (Lipinski definition) is 8. The summed E-state index contributed by atoms with van der Waals surface area (Å²) in [5.74, 6) is 1.25. The Bertz CT molecular complexity index is 941. The molecule has 0 radical (unpaired) electrons. The van der Waals surface area contributed by atoms with Gasteiger partial charge in [0.2, 0.25) is 11.0 Å². The first-order chi connectivity index (χ1) is 13.6. The minimum Gasteiger partial charge on any atom is -0.486 e. The number of nitrogens with one attached hydrogen (secondary N) is 1. The summed E-state index contributed by atoms with van der Waals surface area (Å²) in [6.45, 7) is 8.23. The number of benzene rings is 1. The largest absolute Gasteiger partial charge is 0.486 e. The van der Waals surface area contributed by atoms with Gasteiger partial charge in [0, 0.05) is 6.54 Å². The van der Waals surface area contributed by atoms with Crippen LogP contribution in [-0.2, 0) is 17.9 Å². The van der Waals surface area contributed by atoms with Gasteiger partial charge >= 0.3 is 0 Å². The SMILES string of the molecule is C=CCn1c(COc2ccccc2)nnc1S[C@H](C)C(=O)Nc1nnc(C)s1. The number of amides is 1. The smallest absolute Gasteiger partial charge is 0.239 e. The first-order valence-electron chi connectivity index (χ1n) is 8.55. The molecule has 146 valence electrons. The third-order valence-electron chi connectivity index (χ3n) is 3.62. The molecule has 1 N–H and O–H groups in total. The Hall–Kier alpha value is -2.72. The normalized spacial score (nSPS) is 11.8. The van der Waals surface area contributed by atoms with Gasteiger partial charge in [-0.05, 0) is 26.0 Å². The van der Waals surface area contributed by atoms with Gasteiger partial charge in [0.25, 0.3) is 0 Å². The molecule has 0 saturated carbocycles. The van der Waals surface area contributed by atoms with Gasteiger partial charge in [-0.25, -0.2) is 0 Å². The maximum absolute atomic E-state index is 12.4. The zero-order valence-corrected chi connectivity index (χ0v) is 17.2. The maximum Gasteiger partial charge on any atom is 0.239 e. The second kappa shape index (κ2) is 9.47. The van der Waals surface area contributed by atoms with Crippen LogP contribution in [0.4, 0.5) is 5.13 Å². The molecule has 0 fully saturated rings. The lowest BCUT2D eigenvalue weighted by Gasteiger charge is -2.12. The first kappa shape index (κ1) is 20.0. The van der Waals surface area contributed by atoms with Crippen molar-refractivity contribution in [2.24, 2.45) is 0 Å². The van der Waals surface area contributed by atoms with Crippen molar-refractivity contribution in [3.63, 3.8) is 0 Å². The number of carbonyl (C=O) groups is 1. The van der Waals surface area contributed by atoms with E-state index in [1.807, 2.05) is 41.8 Å². The lowest BCUT2D eigenvalue weighted by atomic mass is 10.3. The molecular formula is C18H20N6O2S2. The van der Waals surface area contributed by atoms with Crippen LogP contribution in [0.1, 0.15) is 17.8 Å². The van der Waals surface area contributed by atoms with Crippen LogP contribution in [0.15, 0.2) is 48.1 Å². The van der Waals surface area contributed by atoms with Crippen molar-refractivity contribution < 1.29 is 9.53 Å². The summed E-state index contributed by atoms with van der Waals surface area (Å²) in [4.78, 5) is 12.4. The van der Waals surface area contributed by atoms with Crippen molar-refractivity contribution in [2.75, 3.05) is 5.32 Å². The lowest BCUT2D eigenvalue weighted by Crippen LogP contribution is -2.23. The van der Waals surface area contributed by atoms with E-state index < -0.39 is 0 Å². The molecule has 0 aliphatic carbocycles. The van der Waals surface area contributed by atoms with Crippen molar-refractivity contribution >= 4 is 34.1 Å². The predicted molar refractivity (Wildman–Crippen MR) is 110 cm³/mol. The molecule has 0 saturated heterocycles. The molecule has 2 aromatic heterocycles. The van der Waals surface area contributed by atoms with E-state index >= 15 is 0 Å². The van der Waals surface area contributed by atoms with E-state index in [1.54, 1.807) is 13.0 Å². The van der Waals surface area contributed by atoms with E-state index in [9.17, 15) is 4.79 Å². The molecule has 1 atom stereocenters. The number of anilines is 1. The fourth-order valence-electron chi connectivity index (χ4n) is 2.26. The van der Waals surface area contributed by atoms with Crippen LogP contribution in [0.25, 0.3) is 0 Å². The molecule has 0 unspecified atom stereocenters. The van der Waals surface area contributed by atoms with Gasteiger partial charge in [0.05, 0.1) is 5.25 Å². The highest BCUT2D eigenvalue weighted by molar-refractivity contribution is 8.00. The molecule has 10 heteroatoms. The molecule has 1 aromatic carbocycles. The third-order valence-corrected chi connectivity index (χ3v) is 5.46. The number of aromatic nitrogens is 5. The van der Waals surface area contributed by atoms with Crippen LogP contribution >= 0.6 is 23.1 Å². The zero-order valence-electron chi connectivity index (χ0n) is 15.5. The Morgan fingerprint density at radius 2 is 2.11 bits per heavy atom. The Labute approximate surface area is 171 Å². The molecule has 0 aliphatic rings. The van der Waals surface area contributed by atoms with Gasteiger partial charge in [0.1, 0.15) is 17.4 Å². The van der Waals surface area contributed by atoms with Gasteiger partial charge in [0.15, 0.2) is 11.0 Å². The first-order valence-corrected chi connectivity index (χ1v) is 10.2. The lowest BCUT2D eigenvalue weighted by molar-refractivity contribution is -0.115. The van der Waals surface area contributed by atoms with E-state index in [0.29, 0.717) is 22.7 Å². The van der Waals surface area contributed by atoms with Gasteiger partial charge < -0.3 is 4.74 Å². The van der Waals surface area contributed by atoms with Crippen LogP contribution in [0.5, 0.6) is 5.75 Å². The number of ether oxygens (including phenoxy) is 1. The minimum atomic E-state index is -0.389. The number of carbonyl (C=O) groups excluding carboxylic acids is 1. The summed E-state index contributed by atoms with van der Waals surface area (Å²) in [5, 5.41) is 20.5. The summed E-state index contributed by atoms with van der Waals surface area (Å²) < 4.78 is 7.65. The molecule has 0 spiro atoms. The number of allylic oxidation sites excluding steroid dienone is 1. The van der Waals surface area contributed by atoms with E-state index in [2.05, 4.69) is 32.3 Å². The average Bonchev–Trinajstić information content (AvgIpc) is 3.27. The number of aryl methyl sites for hydroxylation is 1. The van der Waals surface area contributed by atoms with E-state index in [-0.39, 0.29) is 17.8 Å². The molecule has 1 amide bonds. The number of rotatable bonds is 9. The Morgan fingerprint density at radius 3 is 2.79 bits per heavy atom. The van der Waals surface area contributed by atoms with E-state index in [0.717, 1.165) is 10.8 Å². The summed E-state index contributed by atoms with van der Waals surface area (Å²) in [7, 11) is 0. The monoisotopic (exact) mass is 416 g/mol. The van der Waals surface area contributed by atoms with Crippen LogP contribution in [0.2, 0.25) is 0 Å². The number of hydrogen-bond donors (Lipinski definition) is 1. The third kappa shape index (κ3) is 5.17. The van der Waals surface area contributed by atoms with Crippen molar-refractivity contribution in [1.82, 2.24) is 25.0 Å². The minimum absolute atomic E-state index is 0.170. The van der Waals surface area contributed by atoms with Crippen LogP contribution in [-0.4, -0.2) is 36.1 Å². The summed E-state index contributed by atoms with van der Waals surface area (Å²) >= 11 is 2.65. The van der Waals surface area contributed by atoms with Gasteiger partial charge in [-0.2, -0.15) is 0 Å². The van der Waals surface area contributed by atoms with Crippen molar-refractivity contribution in [1.29, 1.82) is 0 Å². The summed E-state index contributed by atoms with van der Waals surface area (Å²) in [5.41, 5.74) is 0. The van der Waals surface area contributed by atoms with Gasteiger partial charge in [-0.15, -0.1) is 27.0 Å². The molecule has 3 aromatic rings. The standard InChI is InChI=1S/C18H20N6O2S2/c1-4-10-24-15(11-26-14-8-6-5-7-9-14)21-23-18(24)27-12(2)16(25)19-17-22-20-13(3)28-17/h4-9,12H,1,10-11H2,2-3H3,(H,19,22,25)/t12-/m1/s1. The van der Waals surface area contributed by atoms with Gasteiger partial charge in [-0.3, -0.25) is 14.7 Å². The zero-order chi connectivity index (χ0) is 19.9. The van der Waals surface area contributed by atoms with Crippen molar-refractivity contribution in [3.8, 4) is 5.75 Å². The Kier molecular flexibility index (Phi) is 6.77. The summed E-state index contributed by atoms with van der Waals surface area (Å²) in [6.07, 6.45) is 1.76. The highest BCUT2D eigenvalue weighted by atomic mass is 32.2. The molecule has 8 nitrogen and oxygen atoms in total. The van der Waals surface area contributed by atoms with Gasteiger partial charge in [-0.1, -0.05) is 47.4 Å². The van der Waals surface area contributed by atoms with Crippen LogP contribution in [0.3, 0.4) is 0 Å². The van der Waals surface area contributed by atoms with Crippen LogP contribution in [0, 0.1) is 6.92 Å². The summed E-state index contributed by atoms with van der Waals surface area (Å²) in [6, 6.07) is 9.50. The molecule has 0 bridgehead atoms. The Morgan fingerprint density at radius 1 is 1.32 bits per heavy atom. The predicted octanol–water partition coefficient (Wildman–Crippen LogP) is 3.32. The number of nitrogens with zero attached hydrogens (tertiary/aromatic N) is 5. The molecule has 3 rings (SSSR count). The topological polar surface area (TPSA) is 94.8 Å². The number of para-hydroxylation sites is 1. The van der Waals surface area contributed by atoms with Crippen molar-refractivity contribution in [3.05, 3.63) is 53.8 Å². The molecule has 28 heavy (non-hydrogen) atoms. The molecular weight excluding hydrogens is 396 g/mol. The van der Waals surface area contributed by atoms with E-state index in [4.69, 9.17) is 4.74 Å². The molecule has 0 aliphatic heterocycles. The van der Waals surface area contributed by atoms with Crippen LogP contribution < -0.4 is 10.1 Å². The maximum atomic E-state index is 12.4. The Balaban J connectivity index is 1.66. The van der Waals surface area contributed by atoms with E-state index in [1.165, 1.54) is 23.1 Å². The quantitative estimate of drug-likeness (QED) is 0.422. The molecule has 2 heterocycles. The average molecular weight is 417 g/mol. The fourth-order valence-corrected chi connectivity index (χ4v) is 3.73. The second-order valence-electron chi connectivity index (χ2n) is 5.78. The highest BCUT2D eigenvalue weighted by Crippen LogP contribution is 2.25. The second-order valence-corrected chi connectivity index (χ2v) is 8.26. The highest BCUT2D eigenvalue weighted by Gasteiger charge is 2.21.